The van der Waals surface area contributed by atoms with E-state index in [2.05, 4.69) is 25.7 Å². The lowest BCUT2D eigenvalue weighted by Crippen LogP contribution is -1.88. The molecule has 0 radical (unpaired) electrons. The third-order valence-electron chi connectivity index (χ3n) is 1.68. The summed E-state index contributed by atoms with van der Waals surface area (Å²) in [6, 6.07) is 0. The number of hydrogen-bond acceptors (Lipinski definition) is 1. The second kappa shape index (κ2) is 5.90. The minimum atomic E-state index is 0.473. The molecule has 0 rings (SSSR count). The van der Waals surface area contributed by atoms with Gasteiger partial charge in [0, 0.05) is 0 Å². The van der Waals surface area contributed by atoms with E-state index in [-0.39, 0.29) is 0 Å². The molecule has 0 saturated carbocycles. The molecule has 1 nitrogen and oxygen atoms in total. The molecule has 0 aliphatic heterocycles. The lowest BCUT2D eigenvalue weighted by Gasteiger charge is -2.02. The molecule has 0 heterocycles. The van der Waals surface area contributed by atoms with Gasteiger partial charge in [-0.3, -0.25) is 0 Å². The van der Waals surface area contributed by atoms with Crippen molar-refractivity contribution in [2.45, 2.75) is 26.7 Å². The fourth-order valence-electron chi connectivity index (χ4n) is 0.644. The standard InChI is InChI=1S/C10H17N/c1-9(2)10(3)7-5-4-6-8-11/h5,7-8,10-11H,1,4,6H2,2-3H3/b7-5-,11-8?. The van der Waals surface area contributed by atoms with E-state index in [0.717, 1.165) is 12.8 Å². The van der Waals surface area contributed by atoms with Crippen LogP contribution in [0.4, 0.5) is 0 Å². The van der Waals surface area contributed by atoms with E-state index in [1.165, 1.54) is 11.8 Å². The zero-order valence-electron chi connectivity index (χ0n) is 7.43. The summed E-state index contributed by atoms with van der Waals surface area (Å²) in [6.07, 6.45) is 7.52. The molecule has 0 aromatic rings. The van der Waals surface area contributed by atoms with E-state index in [1.54, 1.807) is 0 Å². The molecule has 0 fully saturated rings. The summed E-state index contributed by atoms with van der Waals surface area (Å²) in [5.41, 5.74) is 1.19. The Labute approximate surface area is 69.3 Å². The van der Waals surface area contributed by atoms with Gasteiger partial charge in [0.25, 0.3) is 0 Å². The van der Waals surface area contributed by atoms with Gasteiger partial charge in [-0.15, -0.1) is 0 Å². The fourth-order valence-corrected chi connectivity index (χ4v) is 0.644. The average molecular weight is 151 g/mol. The molecule has 0 spiro atoms. The zero-order valence-corrected chi connectivity index (χ0v) is 7.43. The summed E-state index contributed by atoms with van der Waals surface area (Å²) < 4.78 is 0. The molecule has 1 atom stereocenters. The van der Waals surface area contributed by atoms with Crippen molar-refractivity contribution in [3.05, 3.63) is 24.3 Å². The van der Waals surface area contributed by atoms with Gasteiger partial charge in [0.15, 0.2) is 0 Å². The quantitative estimate of drug-likeness (QED) is 0.354. The Hall–Kier alpha value is -0.850. The van der Waals surface area contributed by atoms with Gasteiger partial charge in [-0.2, -0.15) is 0 Å². The molecular weight excluding hydrogens is 134 g/mol. The van der Waals surface area contributed by atoms with Crippen LogP contribution in [-0.2, 0) is 0 Å². The van der Waals surface area contributed by atoms with Crippen molar-refractivity contribution in [2.75, 3.05) is 0 Å². The Bertz CT molecular complexity index is 156. The highest BCUT2D eigenvalue weighted by Crippen LogP contribution is 2.08. The number of allylic oxidation sites excluding steroid dienone is 3. The van der Waals surface area contributed by atoms with Gasteiger partial charge in [0.1, 0.15) is 0 Å². The third kappa shape index (κ3) is 5.59. The lowest BCUT2D eigenvalue weighted by molar-refractivity contribution is 0.859. The van der Waals surface area contributed by atoms with Gasteiger partial charge in [0.2, 0.25) is 0 Å². The third-order valence-corrected chi connectivity index (χ3v) is 1.68. The molecular formula is C10H17N. The maximum atomic E-state index is 6.80. The molecule has 1 N–H and O–H groups in total. The van der Waals surface area contributed by atoms with Crippen molar-refractivity contribution in [3.63, 3.8) is 0 Å². The molecule has 0 aliphatic rings. The summed E-state index contributed by atoms with van der Waals surface area (Å²) >= 11 is 0. The molecule has 1 heteroatoms. The smallest absolute Gasteiger partial charge is 0.00447 e. The van der Waals surface area contributed by atoms with Crippen molar-refractivity contribution in [1.82, 2.24) is 0 Å². The summed E-state index contributed by atoms with van der Waals surface area (Å²) in [5, 5.41) is 6.80. The van der Waals surface area contributed by atoms with Gasteiger partial charge in [-0.05, 0) is 31.9 Å². The highest BCUT2D eigenvalue weighted by atomic mass is 14.3. The largest absolute Gasteiger partial charge is 0.313 e. The SMILES string of the molecule is C=C(C)C(C)/C=C\CCC=N. The first-order valence-corrected chi connectivity index (χ1v) is 3.99. The predicted octanol–water partition coefficient (Wildman–Crippen LogP) is 3.18. The summed E-state index contributed by atoms with van der Waals surface area (Å²) in [4.78, 5) is 0. The molecule has 0 aliphatic carbocycles. The monoisotopic (exact) mass is 151 g/mol. The van der Waals surface area contributed by atoms with E-state index >= 15 is 0 Å². The molecule has 1 unspecified atom stereocenters. The Morgan fingerprint density at radius 2 is 2.18 bits per heavy atom. The van der Waals surface area contributed by atoms with Crippen LogP contribution in [0.2, 0.25) is 0 Å². The van der Waals surface area contributed by atoms with Crippen molar-refractivity contribution in [1.29, 1.82) is 5.41 Å². The molecule has 0 amide bonds. The fraction of sp³-hybridized carbons (Fsp3) is 0.500. The molecule has 11 heavy (non-hydrogen) atoms. The van der Waals surface area contributed by atoms with Crippen LogP contribution in [0.15, 0.2) is 24.3 Å². The Balaban J connectivity index is 3.56. The van der Waals surface area contributed by atoms with Gasteiger partial charge < -0.3 is 5.41 Å². The summed E-state index contributed by atoms with van der Waals surface area (Å²) in [5.74, 6) is 0.473. The highest BCUT2D eigenvalue weighted by molar-refractivity contribution is 5.52. The van der Waals surface area contributed by atoms with Gasteiger partial charge >= 0.3 is 0 Å². The van der Waals surface area contributed by atoms with Gasteiger partial charge in [-0.25, -0.2) is 0 Å². The van der Waals surface area contributed by atoms with E-state index in [4.69, 9.17) is 5.41 Å². The van der Waals surface area contributed by atoms with Gasteiger partial charge in [-0.1, -0.05) is 31.2 Å². The topological polar surface area (TPSA) is 23.9 Å². The van der Waals surface area contributed by atoms with Crippen molar-refractivity contribution >= 4 is 6.21 Å². The van der Waals surface area contributed by atoms with E-state index < -0.39 is 0 Å². The summed E-state index contributed by atoms with van der Waals surface area (Å²) in [7, 11) is 0. The van der Waals surface area contributed by atoms with Crippen LogP contribution in [0.5, 0.6) is 0 Å². The maximum Gasteiger partial charge on any atom is -0.00447 e. The van der Waals surface area contributed by atoms with Crippen LogP contribution in [-0.4, -0.2) is 6.21 Å². The molecule has 0 aromatic carbocycles. The second-order valence-electron chi connectivity index (χ2n) is 2.84. The minimum absolute atomic E-state index is 0.473. The van der Waals surface area contributed by atoms with Crippen LogP contribution < -0.4 is 0 Å². The average Bonchev–Trinajstić information content (AvgIpc) is 1.97. The van der Waals surface area contributed by atoms with Crippen molar-refractivity contribution < 1.29 is 0 Å². The first kappa shape index (κ1) is 10.2. The normalized spacial score (nSPS) is 13.3. The van der Waals surface area contributed by atoms with Crippen LogP contribution >= 0.6 is 0 Å². The predicted molar refractivity (Wildman–Crippen MR) is 51.1 cm³/mol. The van der Waals surface area contributed by atoms with E-state index in [1.807, 2.05) is 6.92 Å². The van der Waals surface area contributed by atoms with Crippen molar-refractivity contribution in [2.24, 2.45) is 5.92 Å². The maximum absolute atomic E-state index is 6.80. The highest BCUT2D eigenvalue weighted by Gasteiger charge is 1.93. The minimum Gasteiger partial charge on any atom is -0.313 e. The lowest BCUT2D eigenvalue weighted by atomic mass is 10.0. The number of rotatable bonds is 5. The molecule has 0 aromatic heterocycles. The van der Waals surface area contributed by atoms with Crippen LogP contribution in [0.25, 0.3) is 0 Å². The van der Waals surface area contributed by atoms with Crippen LogP contribution in [0.1, 0.15) is 26.7 Å². The second-order valence-corrected chi connectivity index (χ2v) is 2.84. The molecule has 0 saturated heterocycles. The first-order valence-electron chi connectivity index (χ1n) is 3.99. The first-order chi connectivity index (χ1) is 5.18. The van der Waals surface area contributed by atoms with Crippen LogP contribution in [0, 0.1) is 11.3 Å². The van der Waals surface area contributed by atoms with Gasteiger partial charge in [0.05, 0.1) is 0 Å². The Morgan fingerprint density at radius 3 is 2.64 bits per heavy atom. The Kier molecular flexibility index (Phi) is 5.44. The van der Waals surface area contributed by atoms with E-state index in [9.17, 15) is 0 Å². The van der Waals surface area contributed by atoms with Crippen molar-refractivity contribution in [3.8, 4) is 0 Å². The number of nitrogens with one attached hydrogen (secondary N) is 1. The zero-order chi connectivity index (χ0) is 8.69. The molecule has 62 valence electrons. The molecule has 0 bridgehead atoms. The number of hydrogen-bond donors (Lipinski definition) is 1. The summed E-state index contributed by atoms with van der Waals surface area (Å²) in [6.45, 7) is 8.02. The Morgan fingerprint density at radius 1 is 1.55 bits per heavy atom. The van der Waals surface area contributed by atoms with E-state index in [0.29, 0.717) is 5.92 Å². The number of unbranched alkanes of at least 4 members (excludes halogenated alkanes) is 1. The van der Waals surface area contributed by atoms with Crippen LogP contribution in [0.3, 0.4) is 0 Å².